The number of nitrogens with zero attached hydrogens (tertiary/aromatic N) is 1. The Morgan fingerprint density at radius 1 is 1.18 bits per heavy atom. The van der Waals surface area contributed by atoms with E-state index < -0.39 is 11.3 Å². The number of ether oxygens (including phenoxy) is 1. The van der Waals surface area contributed by atoms with Gasteiger partial charge in [0.1, 0.15) is 0 Å². The normalized spacial score (nSPS) is 30.7. The smallest absolute Gasteiger partial charge is 0.315 e. The first-order valence-corrected chi connectivity index (χ1v) is 7.67. The molecule has 118 valence electrons. The SMILES string of the molecule is CN1C(=O)C(OC(=O)C2CC3C=CC2C3)=C(C(C)(C)C)C1=O. The van der Waals surface area contributed by atoms with Crippen LogP contribution in [-0.2, 0) is 19.1 Å². The van der Waals surface area contributed by atoms with E-state index in [-0.39, 0.29) is 35.0 Å². The maximum absolute atomic E-state index is 12.5. The summed E-state index contributed by atoms with van der Waals surface area (Å²) in [5.74, 6) is -0.919. The largest absolute Gasteiger partial charge is 0.420 e. The number of hydrogen-bond acceptors (Lipinski definition) is 4. The fourth-order valence-electron chi connectivity index (χ4n) is 3.60. The van der Waals surface area contributed by atoms with Crippen LogP contribution in [0.1, 0.15) is 33.6 Å². The second-order valence-corrected chi connectivity index (χ2v) is 7.43. The summed E-state index contributed by atoms with van der Waals surface area (Å²) in [7, 11) is 1.41. The van der Waals surface area contributed by atoms with Crippen LogP contribution in [0.4, 0.5) is 0 Å². The van der Waals surface area contributed by atoms with E-state index in [1.807, 2.05) is 20.8 Å². The van der Waals surface area contributed by atoms with Crippen molar-refractivity contribution in [1.29, 1.82) is 0 Å². The molecule has 0 radical (unpaired) electrons. The van der Waals surface area contributed by atoms with E-state index in [1.54, 1.807) is 0 Å². The first-order chi connectivity index (χ1) is 10.2. The second-order valence-electron chi connectivity index (χ2n) is 7.43. The molecule has 0 saturated heterocycles. The molecule has 0 aromatic carbocycles. The zero-order valence-corrected chi connectivity index (χ0v) is 13.4. The summed E-state index contributed by atoms with van der Waals surface area (Å²) < 4.78 is 5.43. The summed E-state index contributed by atoms with van der Waals surface area (Å²) in [6.45, 7) is 5.50. The van der Waals surface area contributed by atoms with Gasteiger partial charge in [-0.3, -0.25) is 19.3 Å². The Morgan fingerprint density at radius 3 is 2.36 bits per heavy atom. The summed E-state index contributed by atoms with van der Waals surface area (Å²) >= 11 is 0. The van der Waals surface area contributed by atoms with E-state index in [0.717, 1.165) is 17.7 Å². The van der Waals surface area contributed by atoms with Crippen LogP contribution in [0.3, 0.4) is 0 Å². The van der Waals surface area contributed by atoms with Crippen molar-refractivity contribution in [2.45, 2.75) is 33.6 Å². The molecule has 1 saturated carbocycles. The van der Waals surface area contributed by atoms with Crippen LogP contribution >= 0.6 is 0 Å². The molecule has 3 rings (SSSR count). The quantitative estimate of drug-likeness (QED) is 0.445. The van der Waals surface area contributed by atoms with Crippen molar-refractivity contribution in [3.8, 4) is 0 Å². The Labute approximate surface area is 130 Å². The number of esters is 1. The molecule has 22 heavy (non-hydrogen) atoms. The molecule has 3 aliphatic rings. The van der Waals surface area contributed by atoms with Crippen molar-refractivity contribution in [2.75, 3.05) is 7.05 Å². The van der Waals surface area contributed by atoms with E-state index in [2.05, 4.69) is 12.2 Å². The number of hydrogen-bond donors (Lipinski definition) is 0. The van der Waals surface area contributed by atoms with Crippen molar-refractivity contribution >= 4 is 17.8 Å². The average Bonchev–Trinajstić information content (AvgIpc) is 3.09. The molecule has 1 aliphatic heterocycles. The van der Waals surface area contributed by atoms with Gasteiger partial charge in [-0.15, -0.1) is 0 Å². The zero-order valence-electron chi connectivity index (χ0n) is 13.4. The molecule has 0 N–H and O–H groups in total. The molecule has 3 atom stereocenters. The van der Waals surface area contributed by atoms with Gasteiger partial charge in [0, 0.05) is 7.05 Å². The summed E-state index contributed by atoms with van der Waals surface area (Å²) in [4.78, 5) is 38.0. The summed E-state index contributed by atoms with van der Waals surface area (Å²) in [6, 6.07) is 0. The average molecular weight is 303 g/mol. The van der Waals surface area contributed by atoms with Crippen LogP contribution in [0.15, 0.2) is 23.5 Å². The van der Waals surface area contributed by atoms with Crippen molar-refractivity contribution in [3.05, 3.63) is 23.5 Å². The highest BCUT2D eigenvalue weighted by Crippen LogP contribution is 2.44. The Morgan fingerprint density at radius 2 is 1.86 bits per heavy atom. The number of rotatable bonds is 2. The van der Waals surface area contributed by atoms with E-state index in [4.69, 9.17) is 4.74 Å². The molecular weight excluding hydrogens is 282 g/mol. The third-order valence-electron chi connectivity index (χ3n) is 4.78. The molecular formula is C17H21NO4. The first kappa shape index (κ1) is 15.0. The van der Waals surface area contributed by atoms with Crippen LogP contribution in [0.5, 0.6) is 0 Å². The third kappa shape index (κ3) is 2.19. The van der Waals surface area contributed by atoms with Gasteiger partial charge in [-0.25, -0.2) is 0 Å². The maximum atomic E-state index is 12.5. The molecule has 2 bridgehead atoms. The number of imide groups is 1. The highest BCUT2D eigenvalue weighted by molar-refractivity contribution is 6.19. The minimum Gasteiger partial charge on any atom is -0.420 e. The summed E-state index contributed by atoms with van der Waals surface area (Å²) in [5.41, 5.74) is -0.270. The minimum atomic E-state index is -0.554. The van der Waals surface area contributed by atoms with Crippen LogP contribution < -0.4 is 0 Å². The molecule has 1 fully saturated rings. The highest BCUT2D eigenvalue weighted by Gasteiger charge is 2.46. The third-order valence-corrected chi connectivity index (χ3v) is 4.78. The number of amides is 2. The maximum Gasteiger partial charge on any atom is 0.315 e. The first-order valence-electron chi connectivity index (χ1n) is 7.67. The predicted molar refractivity (Wildman–Crippen MR) is 79.2 cm³/mol. The van der Waals surface area contributed by atoms with Gasteiger partial charge in [-0.1, -0.05) is 32.9 Å². The Balaban J connectivity index is 1.87. The number of carbonyl (C=O) groups excluding carboxylic acids is 3. The van der Waals surface area contributed by atoms with Gasteiger partial charge >= 0.3 is 5.97 Å². The lowest BCUT2D eigenvalue weighted by molar-refractivity contribution is -0.149. The lowest BCUT2D eigenvalue weighted by atomic mass is 9.86. The topological polar surface area (TPSA) is 63.7 Å². The van der Waals surface area contributed by atoms with Crippen LogP contribution in [-0.4, -0.2) is 29.7 Å². The Bertz CT molecular complexity index is 623. The van der Waals surface area contributed by atoms with Crippen LogP contribution in [0.25, 0.3) is 0 Å². The minimum absolute atomic E-state index is 0.0863. The Kier molecular flexibility index (Phi) is 3.27. The monoisotopic (exact) mass is 303 g/mol. The van der Waals surface area contributed by atoms with Gasteiger partial charge in [-0.2, -0.15) is 0 Å². The summed E-state index contributed by atoms with van der Waals surface area (Å²) in [5, 5.41) is 0. The zero-order chi connectivity index (χ0) is 16.2. The molecule has 5 nitrogen and oxygen atoms in total. The van der Waals surface area contributed by atoms with Gasteiger partial charge < -0.3 is 4.74 Å². The van der Waals surface area contributed by atoms with Crippen LogP contribution in [0.2, 0.25) is 0 Å². The van der Waals surface area contributed by atoms with Gasteiger partial charge in [0.2, 0.25) is 5.76 Å². The summed E-state index contributed by atoms with van der Waals surface area (Å²) in [6.07, 6.45) is 5.97. The molecule has 1 heterocycles. The van der Waals surface area contributed by atoms with E-state index in [1.165, 1.54) is 7.05 Å². The van der Waals surface area contributed by atoms with Gasteiger partial charge in [0.15, 0.2) is 0 Å². The lowest BCUT2D eigenvalue weighted by Gasteiger charge is -2.21. The molecule has 2 aliphatic carbocycles. The highest BCUT2D eigenvalue weighted by atomic mass is 16.5. The molecule has 2 amide bonds. The molecule has 5 heteroatoms. The number of allylic oxidation sites excluding steroid dienone is 2. The molecule has 3 unspecified atom stereocenters. The predicted octanol–water partition coefficient (Wildman–Crippen LogP) is 2.04. The van der Waals surface area contributed by atoms with Gasteiger partial charge in [0.05, 0.1) is 11.5 Å². The van der Waals surface area contributed by atoms with E-state index in [0.29, 0.717) is 5.92 Å². The molecule has 0 aromatic rings. The Hall–Kier alpha value is -1.91. The molecule has 0 aromatic heterocycles. The van der Waals surface area contributed by atoms with E-state index in [9.17, 15) is 14.4 Å². The standard InChI is InChI=1S/C17H21NO4/c1-17(2,3)12-13(15(20)18(4)14(12)19)22-16(21)11-8-9-5-6-10(11)7-9/h5-6,9-11H,7-8H2,1-4H3. The van der Waals surface area contributed by atoms with Gasteiger partial charge in [-0.05, 0) is 30.1 Å². The number of likely N-dealkylation sites (N-methyl/N-ethyl adjacent to an activating group) is 1. The fourth-order valence-corrected chi connectivity index (χ4v) is 3.60. The number of fused-ring (bicyclic) bond motifs is 2. The lowest BCUT2D eigenvalue weighted by Crippen LogP contribution is -2.29. The van der Waals surface area contributed by atoms with Gasteiger partial charge in [0.25, 0.3) is 11.8 Å². The second kappa shape index (κ2) is 4.80. The fraction of sp³-hybridized carbons (Fsp3) is 0.588. The van der Waals surface area contributed by atoms with Crippen molar-refractivity contribution in [2.24, 2.45) is 23.2 Å². The molecule has 0 spiro atoms. The number of carbonyl (C=O) groups is 3. The van der Waals surface area contributed by atoms with Crippen molar-refractivity contribution < 1.29 is 19.1 Å². The van der Waals surface area contributed by atoms with Crippen molar-refractivity contribution in [3.63, 3.8) is 0 Å². The van der Waals surface area contributed by atoms with E-state index >= 15 is 0 Å². The van der Waals surface area contributed by atoms with Crippen molar-refractivity contribution in [1.82, 2.24) is 4.90 Å². The van der Waals surface area contributed by atoms with Crippen LogP contribution in [0, 0.1) is 23.2 Å².